The first-order valence-corrected chi connectivity index (χ1v) is 11.6. The van der Waals surface area contributed by atoms with Gasteiger partial charge in [0, 0.05) is 19.0 Å². The van der Waals surface area contributed by atoms with E-state index in [4.69, 9.17) is 4.98 Å². The number of nitrogens with zero attached hydrogens (tertiary/aromatic N) is 3. The maximum Gasteiger partial charge on any atom is 0.243 e. The van der Waals surface area contributed by atoms with Crippen LogP contribution in [0, 0.1) is 0 Å². The molecular weight excluding hydrogens is 376 g/mol. The number of rotatable bonds is 6. The van der Waals surface area contributed by atoms with Crippen molar-refractivity contribution in [3.8, 4) is 0 Å². The van der Waals surface area contributed by atoms with Crippen molar-refractivity contribution in [1.82, 2.24) is 19.8 Å². The molecule has 2 aromatic rings. The minimum Gasteiger partial charge on any atom is -0.349 e. The SMILES string of the molecule is CC(=O)NCc1nc2ccccc2n1CC(=O)N(C1CCCCC1)C1CCCCC1. The third-order valence-corrected chi connectivity index (χ3v) is 6.75. The second-order valence-corrected chi connectivity index (χ2v) is 8.90. The van der Waals surface area contributed by atoms with Gasteiger partial charge in [0.25, 0.3) is 0 Å². The summed E-state index contributed by atoms with van der Waals surface area (Å²) in [6, 6.07) is 8.67. The van der Waals surface area contributed by atoms with Crippen LogP contribution >= 0.6 is 0 Å². The Morgan fingerprint density at radius 2 is 1.60 bits per heavy atom. The first kappa shape index (κ1) is 20.9. The van der Waals surface area contributed by atoms with Crippen LogP contribution in [0.5, 0.6) is 0 Å². The maximum atomic E-state index is 13.7. The van der Waals surface area contributed by atoms with Gasteiger partial charge in [0.2, 0.25) is 11.8 Å². The molecule has 2 fully saturated rings. The third kappa shape index (κ3) is 4.68. The lowest BCUT2D eigenvalue weighted by atomic mass is 9.88. The van der Waals surface area contributed by atoms with Crippen molar-refractivity contribution in [2.24, 2.45) is 0 Å². The molecule has 0 atom stereocenters. The second kappa shape index (κ2) is 9.63. The molecule has 2 aliphatic rings. The molecule has 0 saturated heterocycles. The van der Waals surface area contributed by atoms with Gasteiger partial charge in [-0.3, -0.25) is 9.59 Å². The Balaban J connectivity index is 1.61. The van der Waals surface area contributed by atoms with Crippen molar-refractivity contribution in [3.05, 3.63) is 30.1 Å². The van der Waals surface area contributed by atoms with Crippen LogP contribution in [-0.4, -0.2) is 38.3 Å². The highest BCUT2D eigenvalue weighted by Crippen LogP contribution is 2.31. The van der Waals surface area contributed by atoms with E-state index in [-0.39, 0.29) is 11.8 Å². The zero-order valence-electron chi connectivity index (χ0n) is 18.1. The second-order valence-electron chi connectivity index (χ2n) is 8.90. The van der Waals surface area contributed by atoms with Crippen LogP contribution in [0.2, 0.25) is 0 Å². The smallest absolute Gasteiger partial charge is 0.243 e. The molecule has 1 heterocycles. The molecule has 1 aromatic carbocycles. The molecule has 0 spiro atoms. The topological polar surface area (TPSA) is 67.2 Å². The van der Waals surface area contributed by atoms with E-state index >= 15 is 0 Å². The van der Waals surface area contributed by atoms with Gasteiger partial charge in [0.15, 0.2) is 0 Å². The number of fused-ring (bicyclic) bond motifs is 1. The zero-order chi connectivity index (χ0) is 20.9. The maximum absolute atomic E-state index is 13.7. The summed E-state index contributed by atoms with van der Waals surface area (Å²) in [7, 11) is 0. The fourth-order valence-corrected chi connectivity index (χ4v) is 5.28. The lowest BCUT2D eigenvalue weighted by Gasteiger charge is -2.42. The number of hydrogen-bond acceptors (Lipinski definition) is 3. The number of nitrogens with one attached hydrogen (secondary N) is 1. The highest BCUT2D eigenvalue weighted by Gasteiger charge is 2.32. The van der Waals surface area contributed by atoms with Gasteiger partial charge in [-0.2, -0.15) is 0 Å². The summed E-state index contributed by atoms with van der Waals surface area (Å²) < 4.78 is 2.01. The molecular formula is C24H34N4O2. The number of benzene rings is 1. The molecule has 30 heavy (non-hydrogen) atoms. The van der Waals surface area contributed by atoms with Crippen molar-refractivity contribution in [2.75, 3.05) is 0 Å². The van der Waals surface area contributed by atoms with Crippen LogP contribution in [-0.2, 0) is 22.7 Å². The normalized spacial score (nSPS) is 18.4. The van der Waals surface area contributed by atoms with Crippen molar-refractivity contribution < 1.29 is 9.59 Å². The van der Waals surface area contributed by atoms with Crippen LogP contribution in [0.15, 0.2) is 24.3 Å². The molecule has 2 aliphatic carbocycles. The molecule has 2 amide bonds. The summed E-state index contributed by atoms with van der Waals surface area (Å²) in [6.07, 6.45) is 12.0. The summed E-state index contributed by atoms with van der Waals surface area (Å²) in [5.74, 6) is 0.860. The molecule has 6 heteroatoms. The fraction of sp³-hybridized carbons (Fsp3) is 0.625. The van der Waals surface area contributed by atoms with Gasteiger partial charge in [0.05, 0.1) is 17.6 Å². The van der Waals surface area contributed by atoms with E-state index in [1.807, 2.05) is 28.8 Å². The van der Waals surface area contributed by atoms with E-state index < -0.39 is 0 Å². The molecule has 0 bridgehead atoms. The number of hydrogen-bond donors (Lipinski definition) is 1. The van der Waals surface area contributed by atoms with E-state index in [0.717, 1.165) is 42.5 Å². The van der Waals surface area contributed by atoms with Gasteiger partial charge in [-0.05, 0) is 37.8 Å². The molecule has 162 valence electrons. The highest BCUT2D eigenvalue weighted by molar-refractivity contribution is 5.82. The largest absolute Gasteiger partial charge is 0.349 e. The standard InChI is InChI=1S/C24H34N4O2/c1-18(29)25-16-23-26-21-14-8-9-15-22(21)27(23)17-24(30)28(19-10-4-2-5-11-19)20-12-6-3-7-13-20/h8-9,14-15,19-20H,2-7,10-13,16-17H2,1H3,(H,25,29). The first-order valence-electron chi connectivity index (χ1n) is 11.6. The lowest BCUT2D eigenvalue weighted by Crippen LogP contribution is -2.50. The summed E-state index contributed by atoms with van der Waals surface area (Å²) in [5, 5.41) is 2.85. The number of carbonyl (C=O) groups is 2. The first-order chi connectivity index (χ1) is 14.6. The van der Waals surface area contributed by atoms with Gasteiger partial charge in [-0.25, -0.2) is 4.98 Å². The Labute approximate surface area is 179 Å². The van der Waals surface area contributed by atoms with Gasteiger partial charge >= 0.3 is 0 Å². The third-order valence-electron chi connectivity index (χ3n) is 6.75. The zero-order valence-corrected chi connectivity index (χ0v) is 18.1. The Kier molecular flexibility index (Phi) is 6.70. The average molecular weight is 411 g/mol. The molecule has 4 rings (SSSR count). The molecule has 0 radical (unpaired) electrons. The monoisotopic (exact) mass is 410 g/mol. The lowest BCUT2D eigenvalue weighted by molar-refractivity contribution is -0.138. The summed E-state index contributed by atoms with van der Waals surface area (Å²) in [4.78, 5) is 32.2. The van der Waals surface area contributed by atoms with Gasteiger partial charge < -0.3 is 14.8 Å². The van der Waals surface area contributed by atoms with Gasteiger partial charge in [0.1, 0.15) is 12.4 Å². The minimum absolute atomic E-state index is 0.0917. The summed E-state index contributed by atoms with van der Waals surface area (Å²) >= 11 is 0. The van der Waals surface area contributed by atoms with Crippen LogP contribution in [0.1, 0.15) is 77.0 Å². The molecule has 1 aromatic heterocycles. The van der Waals surface area contributed by atoms with Gasteiger partial charge in [-0.15, -0.1) is 0 Å². The fourth-order valence-electron chi connectivity index (χ4n) is 5.28. The highest BCUT2D eigenvalue weighted by atomic mass is 16.2. The molecule has 0 aliphatic heterocycles. The number of carbonyl (C=O) groups excluding carboxylic acids is 2. The van der Waals surface area contributed by atoms with Crippen molar-refractivity contribution >= 4 is 22.8 Å². The molecule has 2 saturated carbocycles. The van der Waals surface area contributed by atoms with Crippen LogP contribution in [0.4, 0.5) is 0 Å². The number of amides is 2. The van der Waals surface area contributed by atoms with Crippen LogP contribution in [0.3, 0.4) is 0 Å². The molecule has 1 N–H and O–H groups in total. The van der Waals surface area contributed by atoms with Crippen LogP contribution < -0.4 is 5.32 Å². The Morgan fingerprint density at radius 3 is 2.20 bits per heavy atom. The van der Waals surface area contributed by atoms with E-state index in [9.17, 15) is 9.59 Å². The van der Waals surface area contributed by atoms with Crippen molar-refractivity contribution in [1.29, 1.82) is 0 Å². The Morgan fingerprint density at radius 1 is 1.00 bits per heavy atom. The van der Waals surface area contributed by atoms with E-state index in [2.05, 4.69) is 10.2 Å². The predicted octanol–water partition coefficient (Wildman–Crippen LogP) is 4.17. The minimum atomic E-state index is -0.0917. The molecule has 0 unspecified atom stereocenters. The van der Waals surface area contributed by atoms with E-state index in [0.29, 0.717) is 25.2 Å². The Hall–Kier alpha value is -2.37. The number of aromatic nitrogens is 2. The van der Waals surface area contributed by atoms with E-state index in [1.54, 1.807) is 0 Å². The Bertz CT molecular complexity index is 860. The number of para-hydroxylation sites is 2. The predicted molar refractivity (Wildman–Crippen MR) is 118 cm³/mol. The molecule has 6 nitrogen and oxygen atoms in total. The van der Waals surface area contributed by atoms with Gasteiger partial charge in [-0.1, -0.05) is 50.7 Å². The van der Waals surface area contributed by atoms with Crippen molar-refractivity contribution in [3.63, 3.8) is 0 Å². The average Bonchev–Trinajstić information content (AvgIpc) is 3.11. The van der Waals surface area contributed by atoms with Crippen molar-refractivity contribution in [2.45, 2.75) is 96.3 Å². The number of imidazole rings is 1. The summed E-state index contributed by atoms with van der Waals surface area (Å²) in [5.41, 5.74) is 1.82. The summed E-state index contributed by atoms with van der Waals surface area (Å²) in [6.45, 7) is 2.14. The quantitative estimate of drug-likeness (QED) is 0.777. The van der Waals surface area contributed by atoms with E-state index in [1.165, 1.54) is 45.4 Å². The van der Waals surface area contributed by atoms with Crippen LogP contribution in [0.25, 0.3) is 11.0 Å².